The summed E-state index contributed by atoms with van der Waals surface area (Å²) in [5.74, 6) is 0. The quantitative estimate of drug-likeness (QED) is 0.241. The molecule has 6 heavy (non-hydrogen) atoms. The van der Waals surface area contributed by atoms with Gasteiger partial charge in [-0.1, -0.05) is 0 Å². The monoisotopic (exact) mass is 91.0 g/mol. The molecule has 0 amide bonds. The Morgan fingerprint density at radius 1 is 1.67 bits per heavy atom. The molecule has 0 atom stereocenters. The summed E-state index contributed by atoms with van der Waals surface area (Å²) in [5.41, 5.74) is 0. The standard InChI is InChI=1S/C2H5O2.Li.Na/c1-4-2-3;;/h2H2,1H3;;/q-1;+1;. The van der Waals surface area contributed by atoms with Gasteiger partial charge in [-0.2, -0.15) is 0 Å². The molecule has 0 rings (SSSR count). The SMILES string of the molecule is COC[O-].[Li+].[Na]. The molecule has 0 aromatic rings. The largest absolute Gasteiger partial charge is 1.00 e. The maximum Gasteiger partial charge on any atom is 1.00 e. The average molecular weight is 91.0 g/mol. The van der Waals surface area contributed by atoms with Gasteiger partial charge in [0.25, 0.3) is 0 Å². The number of ether oxygens (including phenoxy) is 1. The van der Waals surface area contributed by atoms with Gasteiger partial charge in [-0.25, -0.2) is 0 Å². The van der Waals surface area contributed by atoms with Crippen molar-refractivity contribution in [1.29, 1.82) is 0 Å². The molecule has 0 N–H and O–H groups in total. The molecule has 27 valence electrons. The Balaban J connectivity index is -0.0000000450. The van der Waals surface area contributed by atoms with Crippen LogP contribution < -0.4 is 24.0 Å². The van der Waals surface area contributed by atoms with E-state index in [0.29, 0.717) is 0 Å². The van der Waals surface area contributed by atoms with E-state index in [0.717, 1.165) is 0 Å². The van der Waals surface area contributed by atoms with Crippen molar-refractivity contribution in [2.45, 2.75) is 0 Å². The fourth-order valence-electron chi connectivity index (χ4n) is 0. The second-order valence-corrected chi connectivity index (χ2v) is 0.407. The first-order chi connectivity index (χ1) is 1.91. The first-order valence-corrected chi connectivity index (χ1v) is 0.986. The number of hydrogen-bond donors (Lipinski definition) is 0. The van der Waals surface area contributed by atoms with Gasteiger partial charge < -0.3 is 9.84 Å². The van der Waals surface area contributed by atoms with Crippen LogP contribution in [0.3, 0.4) is 0 Å². The maximum absolute atomic E-state index is 9.08. The molecule has 0 saturated heterocycles. The van der Waals surface area contributed by atoms with Gasteiger partial charge in [-0.05, 0) is 6.79 Å². The van der Waals surface area contributed by atoms with Crippen LogP contribution in [0.4, 0.5) is 0 Å². The van der Waals surface area contributed by atoms with E-state index >= 15 is 0 Å². The topological polar surface area (TPSA) is 32.3 Å². The van der Waals surface area contributed by atoms with Crippen LogP contribution in [0.5, 0.6) is 0 Å². The zero-order valence-electron chi connectivity index (χ0n) is 4.52. The zero-order chi connectivity index (χ0) is 3.41. The second-order valence-electron chi connectivity index (χ2n) is 0.407. The minimum absolute atomic E-state index is 0. The summed E-state index contributed by atoms with van der Waals surface area (Å²) in [6.45, 7) is -0.431. The summed E-state index contributed by atoms with van der Waals surface area (Å²) < 4.78 is 3.99. The average Bonchev–Trinajstić information content (AvgIpc) is 1.37. The molecule has 0 aliphatic carbocycles. The van der Waals surface area contributed by atoms with Crippen molar-refractivity contribution >= 4 is 29.6 Å². The van der Waals surface area contributed by atoms with Crippen LogP contribution in [-0.4, -0.2) is 43.5 Å². The zero-order valence-corrected chi connectivity index (χ0v) is 6.52. The van der Waals surface area contributed by atoms with Gasteiger partial charge in [0.05, 0.1) is 0 Å². The van der Waals surface area contributed by atoms with Crippen molar-refractivity contribution in [3.05, 3.63) is 0 Å². The minimum atomic E-state index is -0.431. The summed E-state index contributed by atoms with van der Waals surface area (Å²) in [6, 6.07) is 0. The number of hydrogen-bond acceptors (Lipinski definition) is 2. The van der Waals surface area contributed by atoms with E-state index in [1.165, 1.54) is 7.11 Å². The third kappa shape index (κ3) is 17.8. The van der Waals surface area contributed by atoms with E-state index in [-0.39, 0.29) is 48.4 Å². The molecule has 0 bridgehead atoms. The van der Waals surface area contributed by atoms with Crippen LogP contribution in [0.2, 0.25) is 0 Å². The van der Waals surface area contributed by atoms with Crippen molar-refractivity contribution < 1.29 is 28.7 Å². The molecule has 0 aliphatic heterocycles. The van der Waals surface area contributed by atoms with Gasteiger partial charge in [-0.3, -0.25) is 0 Å². The van der Waals surface area contributed by atoms with Crippen LogP contribution in [0.1, 0.15) is 0 Å². The van der Waals surface area contributed by atoms with Crippen LogP contribution in [0.15, 0.2) is 0 Å². The van der Waals surface area contributed by atoms with Crippen LogP contribution in [0.25, 0.3) is 0 Å². The molecular formula is C2H5LiNaO2. The smallest absolute Gasteiger partial charge is 0.834 e. The molecular weight excluding hydrogens is 86.0 g/mol. The van der Waals surface area contributed by atoms with Crippen LogP contribution >= 0.6 is 0 Å². The molecule has 0 saturated carbocycles. The predicted octanol–water partition coefficient (Wildman–Crippen LogP) is -4.43. The molecule has 0 heterocycles. The third-order valence-corrected chi connectivity index (χ3v) is 0.118. The van der Waals surface area contributed by atoms with E-state index in [9.17, 15) is 0 Å². The maximum atomic E-state index is 9.08. The molecule has 1 radical (unpaired) electrons. The Kier molecular flexibility index (Phi) is 41.8. The Labute approximate surface area is 71.7 Å². The summed E-state index contributed by atoms with van der Waals surface area (Å²) >= 11 is 0. The van der Waals surface area contributed by atoms with Crippen molar-refractivity contribution in [2.24, 2.45) is 0 Å². The fraction of sp³-hybridized carbons (Fsp3) is 1.00. The van der Waals surface area contributed by atoms with Gasteiger partial charge >= 0.3 is 18.9 Å². The fourth-order valence-corrected chi connectivity index (χ4v) is 0. The molecule has 2 nitrogen and oxygen atoms in total. The van der Waals surface area contributed by atoms with Crippen molar-refractivity contribution in [3.63, 3.8) is 0 Å². The molecule has 0 aromatic heterocycles. The Hall–Kier alpha value is 1.52. The summed E-state index contributed by atoms with van der Waals surface area (Å²) in [7, 11) is 1.37. The van der Waals surface area contributed by atoms with Crippen molar-refractivity contribution in [3.8, 4) is 0 Å². The van der Waals surface area contributed by atoms with E-state index in [1.54, 1.807) is 0 Å². The van der Waals surface area contributed by atoms with E-state index < -0.39 is 6.79 Å². The normalized spacial score (nSPS) is 5.00. The summed E-state index contributed by atoms with van der Waals surface area (Å²) in [4.78, 5) is 0. The van der Waals surface area contributed by atoms with Crippen LogP contribution in [-0.2, 0) is 4.74 Å². The van der Waals surface area contributed by atoms with E-state index in [1.807, 2.05) is 0 Å². The van der Waals surface area contributed by atoms with Gasteiger partial charge in [0.2, 0.25) is 0 Å². The minimum Gasteiger partial charge on any atom is -0.834 e. The molecule has 4 heteroatoms. The third-order valence-electron chi connectivity index (χ3n) is 0.118. The molecule has 0 aliphatic rings. The first kappa shape index (κ1) is 15.6. The molecule has 0 spiro atoms. The van der Waals surface area contributed by atoms with Gasteiger partial charge in [0.15, 0.2) is 0 Å². The predicted molar refractivity (Wildman–Crippen MR) is 17.6 cm³/mol. The second kappa shape index (κ2) is 16.0. The van der Waals surface area contributed by atoms with E-state index in [2.05, 4.69) is 4.74 Å². The summed E-state index contributed by atoms with van der Waals surface area (Å²) in [5, 5.41) is 9.08. The van der Waals surface area contributed by atoms with Crippen molar-refractivity contribution in [2.75, 3.05) is 13.9 Å². The molecule has 0 unspecified atom stereocenters. The number of rotatable bonds is 1. The number of methoxy groups -OCH3 is 1. The van der Waals surface area contributed by atoms with Crippen molar-refractivity contribution in [1.82, 2.24) is 0 Å². The first-order valence-electron chi connectivity index (χ1n) is 0.986. The van der Waals surface area contributed by atoms with E-state index in [4.69, 9.17) is 5.11 Å². The Morgan fingerprint density at radius 3 is 1.83 bits per heavy atom. The summed E-state index contributed by atoms with van der Waals surface area (Å²) in [6.07, 6.45) is 0. The molecule has 0 aromatic carbocycles. The van der Waals surface area contributed by atoms with Crippen LogP contribution in [0, 0.1) is 0 Å². The Bertz CT molecular complexity index is 13.5. The van der Waals surface area contributed by atoms with Gasteiger partial charge in [-0.15, -0.1) is 0 Å². The van der Waals surface area contributed by atoms with Gasteiger partial charge in [0, 0.05) is 36.7 Å². The van der Waals surface area contributed by atoms with Gasteiger partial charge in [0.1, 0.15) is 0 Å². The Morgan fingerprint density at radius 2 is 1.83 bits per heavy atom. The molecule has 0 fully saturated rings.